The first kappa shape index (κ1) is 19.7. The van der Waals surface area contributed by atoms with Gasteiger partial charge >= 0.3 is 0 Å². The van der Waals surface area contributed by atoms with Crippen molar-refractivity contribution in [3.05, 3.63) is 88.4 Å². The minimum absolute atomic E-state index is 0.106. The van der Waals surface area contributed by atoms with Crippen LogP contribution in [0.2, 0.25) is 0 Å². The van der Waals surface area contributed by atoms with E-state index >= 15 is 0 Å². The summed E-state index contributed by atoms with van der Waals surface area (Å²) in [6.45, 7) is 0.423. The zero-order valence-electron chi connectivity index (χ0n) is 15.5. The lowest BCUT2D eigenvalue weighted by Gasteiger charge is -2.30. The van der Waals surface area contributed by atoms with E-state index in [1.165, 1.54) is 16.4 Å². The van der Waals surface area contributed by atoms with Crippen LogP contribution in [0.4, 0.5) is 11.4 Å². The Morgan fingerprint density at radius 1 is 0.966 bits per heavy atom. The molecule has 1 aliphatic rings. The van der Waals surface area contributed by atoms with E-state index < -0.39 is 10.0 Å². The van der Waals surface area contributed by atoms with Crippen LogP contribution in [0, 0.1) is 0 Å². The van der Waals surface area contributed by atoms with Crippen molar-refractivity contribution in [2.24, 2.45) is 0 Å². The highest BCUT2D eigenvalue weighted by Gasteiger charge is 2.29. The Morgan fingerprint density at radius 2 is 1.72 bits per heavy atom. The number of aryl methyl sites for hydroxylation is 1. The zero-order chi connectivity index (χ0) is 20.4. The summed E-state index contributed by atoms with van der Waals surface area (Å²) in [7, 11) is -3.77. The number of rotatable bonds is 4. The van der Waals surface area contributed by atoms with Gasteiger partial charge in [0, 0.05) is 16.6 Å². The van der Waals surface area contributed by atoms with Gasteiger partial charge in [-0.1, -0.05) is 36.4 Å². The number of hydrogen-bond acceptors (Lipinski definition) is 3. The van der Waals surface area contributed by atoms with Crippen molar-refractivity contribution in [3.63, 3.8) is 0 Å². The van der Waals surface area contributed by atoms with Gasteiger partial charge in [-0.15, -0.1) is 0 Å². The van der Waals surface area contributed by atoms with Crippen LogP contribution in [-0.2, 0) is 16.4 Å². The summed E-state index contributed by atoms with van der Waals surface area (Å²) >= 11 is 3.39. The third-order valence-corrected chi connectivity index (χ3v) is 7.37. The fraction of sp³-hybridized carbons (Fsp3) is 0.136. The van der Waals surface area contributed by atoms with Crippen LogP contribution < -0.4 is 9.62 Å². The molecule has 0 bridgehead atoms. The average molecular weight is 471 g/mol. The monoisotopic (exact) mass is 470 g/mol. The van der Waals surface area contributed by atoms with Gasteiger partial charge in [-0.25, -0.2) is 8.42 Å². The zero-order valence-corrected chi connectivity index (χ0v) is 17.9. The van der Waals surface area contributed by atoms with Gasteiger partial charge in [0.05, 0.1) is 16.3 Å². The predicted octanol–water partition coefficient (Wildman–Crippen LogP) is 4.84. The van der Waals surface area contributed by atoms with Crippen LogP contribution >= 0.6 is 15.9 Å². The molecule has 4 rings (SSSR count). The van der Waals surface area contributed by atoms with E-state index in [9.17, 15) is 13.2 Å². The molecule has 3 aromatic rings. The van der Waals surface area contributed by atoms with E-state index in [1.807, 2.05) is 42.5 Å². The Kier molecular flexibility index (Phi) is 5.43. The molecule has 0 atom stereocenters. The van der Waals surface area contributed by atoms with Crippen LogP contribution in [0.25, 0.3) is 0 Å². The second-order valence-corrected chi connectivity index (χ2v) is 9.49. The Bertz CT molecular complexity index is 1180. The van der Waals surface area contributed by atoms with E-state index in [-0.39, 0.29) is 16.4 Å². The second kappa shape index (κ2) is 8.00. The predicted molar refractivity (Wildman–Crippen MR) is 118 cm³/mol. The lowest BCUT2D eigenvalue weighted by molar-refractivity contribution is 0.102. The largest absolute Gasteiger partial charge is 0.321 e. The summed E-state index contributed by atoms with van der Waals surface area (Å²) in [5.74, 6) is -0.368. The van der Waals surface area contributed by atoms with Crippen molar-refractivity contribution in [1.29, 1.82) is 0 Å². The van der Waals surface area contributed by atoms with E-state index in [0.29, 0.717) is 17.9 Å². The third-order valence-electron chi connectivity index (χ3n) is 4.87. The molecule has 5 nitrogen and oxygen atoms in total. The third kappa shape index (κ3) is 3.93. The van der Waals surface area contributed by atoms with Crippen molar-refractivity contribution in [2.75, 3.05) is 16.2 Å². The maximum Gasteiger partial charge on any atom is 0.264 e. The van der Waals surface area contributed by atoms with Gasteiger partial charge in [0.2, 0.25) is 0 Å². The molecule has 0 radical (unpaired) electrons. The molecule has 0 saturated heterocycles. The van der Waals surface area contributed by atoms with Crippen LogP contribution in [0.5, 0.6) is 0 Å². The maximum atomic E-state index is 13.3. The first-order valence-electron chi connectivity index (χ1n) is 9.23. The number of nitrogens with zero attached hydrogens (tertiary/aromatic N) is 1. The van der Waals surface area contributed by atoms with Gasteiger partial charge in [0.15, 0.2) is 0 Å². The van der Waals surface area contributed by atoms with Gasteiger partial charge < -0.3 is 5.32 Å². The molecular weight excluding hydrogens is 452 g/mol. The Morgan fingerprint density at radius 3 is 2.55 bits per heavy atom. The van der Waals surface area contributed by atoms with Crippen molar-refractivity contribution in [3.8, 4) is 0 Å². The number of halogens is 1. The molecule has 148 valence electrons. The highest BCUT2D eigenvalue weighted by atomic mass is 79.9. The highest BCUT2D eigenvalue weighted by Crippen LogP contribution is 2.32. The number of benzene rings is 3. The van der Waals surface area contributed by atoms with Gasteiger partial charge in [0.25, 0.3) is 15.9 Å². The number of hydrogen-bond donors (Lipinski definition) is 1. The van der Waals surface area contributed by atoms with Gasteiger partial charge in [-0.05, 0) is 70.7 Å². The summed E-state index contributed by atoms with van der Waals surface area (Å²) in [5, 5.41) is 2.81. The maximum absolute atomic E-state index is 13.3. The lowest BCUT2D eigenvalue weighted by atomic mass is 10.0. The molecule has 29 heavy (non-hydrogen) atoms. The van der Waals surface area contributed by atoms with E-state index in [1.54, 1.807) is 18.2 Å². The number of fused-ring (bicyclic) bond motifs is 1. The minimum atomic E-state index is -3.77. The molecule has 1 amide bonds. The fourth-order valence-electron chi connectivity index (χ4n) is 3.43. The van der Waals surface area contributed by atoms with Crippen molar-refractivity contribution in [1.82, 2.24) is 0 Å². The highest BCUT2D eigenvalue weighted by molar-refractivity contribution is 9.10. The number of carbonyl (C=O) groups is 1. The van der Waals surface area contributed by atoms with E-state index in [4.69, 9.17) is 0 Å². The molecule has 0 aliphatic carbocycles. The molecule has 0 saturated carbocycles. The SMILES string of the molecule is O=C(Nc1ccccc1Br)c1cccc(S(=O)(=O)N2CCCc3ccccc32)c1. The number of anilines is 2. The first-order valence-corrected chi connectivity index (χ1v) is 11.5. The Hall–Kier alpha value is -2.64. The molecule has 0 fully saturated rings. The molecule has 0 spiro atoms. The number of nitrogens with one attached hydrogen (secondary N) is 1. The normalized spacial score (nSPS) is 13.6. The Balaban J connectivity index is 1.65. The number of carbonyl (C=O) groups excluding carboxylic acids is 1. The van der Waals surface area contributed by atoms with Gasteiger partial charge in [0.1, 0.15) is 0 Å². The standard InChI is InChI=1S/C22H19BrN2O3S/c23-19-11-2-3-12-20(19)24-22(26)17-8-5-10-18(15-17)29(27,28)25-14-6-9-16-7-1-4-13-21(16)25/h1-5,7-8,10-13,15H,6,9,14H2,(H,24,26). The van der Waals surface area contributed by atoms with Crippen molar-refractivity contribution < 1.29 is 13.2 Å². The number of amides is 1. The second-order valence-electron chi connectivity index (χ2n) is 6.77. The molecule has 1 aliphatic heterocycles. The minimum Gasteiger partial charge on any atom is -0.321 e. The van der Waals surface area contributed by atoms with E-state index in [0.717, 1.165) is 22.9 Å². The molecule has 0 unspecified atom stereocenters. The quantitative estimate of drug-likeness (QED) is 0.592. The first-order chi connectivity index (χ1) is 14.0. The summed E-state index contributed by atoms with van der Waals surface area (Å²) in [6, 6.07) is 21.0. The molecule has 1 heterocycles. The fourth-order valence-corrected chi connectivity index (χ4v) is 5.40. The topological polar surface area (TPSA) is 66.5 Å². The van der Waals surface area contributed by atoms with Crippen LogP contribution in [-0.4, -0.2) is 20.9 Å². The van der Waals surface area contributed by atoms with Crippen molar-refractivity contribution >= 4 is 43.2 Å². The molecule has 7 heteroatoms. The van der Waals surface area contributed by atoms with Crippen molar-refractivity contribution in [2.45, 2.75) is 17.7 Å². The molecule has 0 aromatic heterocycles. The lowest BCUT2D eigenvalue weighted by Crippen LogP contribution is -2.35. The van der Waals surface area contributed by atoms with Crippen LogP contribution in [0.3, 0.4) is 0 Å². The smallest absolute Gasteiger partial charge is 0.264 e. The average Bonchev–Trinajstić information content (AvgIpc) is 2.75. The number of sulfonamides is 1. The summed E-state index contributed by atoms with van der Waals surface area (Å²) in [4.78, 5) is 12.8. The Labute approximate surface area is 178 Å². The molecule has 1 N–H and O–H groups in total. The molecular formula is C22H19BrN2O3S. The summed E-state index contributed by atoms with van der Waals surface area (Å²) in [6.07, 6.45) is 1.62. The summed E-state index contributed by atoms with van der Waals surface area (Å²) < 4.78 is 28.8. The summed E-state index contributed by atoms with van der Waals surface area (Å²) in [5.41, 5.74) is 2.63. The van der Waals surface area contributed by atoms with Gasteiger partial charge in [-0.2, -0.15) is 0 Å². The van der Waals surface area contributed by atoms with Crippen LogP contribution in [0.15, 0.2) is 82.2 Å². The number of para-hydroxylation sites is 2. The van der Waals surface area contributed by atoms with E-state index in [2.05, 4.69) is 21.2 Å². The molecule has 3 aromatic carbocycles. The van der Waals surface area contributed by atoms with Crippen LogP contribution in [0.1, 0.15) is 22.3 Å². The van der Waals surface area contributed by atoms with Gasteiger partial charge in [-0.3, -0.25) is 9.10 Å².